The molecule has 1 atom stereocenters. The summed E-state index contributed by atoms with van der Waals surface area (Å²) < 4.78 is 0. The second-order valence-corrected chi connectivity index (χ2v) is 7.85. The van der Waals surface area contributed by atoms with Crippen LogP contribution in [-0.4, -0.2) is 39.5 Å². The second kappa shape index (κ2) is 8.61. The van der Waals surface area contributed by atoms with Gasteiger partial charge in [-0.3, -0.25) is 4.98 Å². The lowest BCUT2D eigenvalue weighted by Crippen LogP contribution is -2.37. The number of allylic oxidation sites excluding steroid dienone is 2. The molecule has 142 valence electrons. The van der Waals surface area contributed by atoms with E-state index in [1.54, 1.807) is 12.4 Å². The number of anilines is 2. The van der Waals surface area contributed by atoms with Gasteiger partial charge in [0.05, 0.1) is 11.9 Å². The third-order valence-electron chi connectivity index (χ3n) is 5.81. The highest BCUT2D eigenvalue weighted by Gasteiger charge is 2.24. The van der Waals surface area contributed by atoms with Crippen LogP contribution in [0.25, 0.3) is 0 Å². The SMILES string of the molecule is Cc1cccnc1Nc1cncc(C2CCN(C[C@H]3CC=CCC3)CC2)n1. The smallest absolute Gasteiger partial charge is 0.150 e. The number of nitrogens with zero attached hydrogens (tertiary/aromatic N) is 4. The van der Waals surface area contributed by atoms with E-state index in [9.17, 15) is 0 Å². The number of piperidine rings is 1. The van der Waals surface area contributed by atoms with Crippen molar-refractivity contribution in [1.29, 1.82) is 0 Å². The molecule has 0 radical (unpaired) electrons. The molecule has 0 bridgehead atoms. The zero-order valence-corrected chi connectivity index (χ0v) is 16.1. The summed E-state index contributed by atoms with van der Waals surface area (Å²) in [5.41, 5.74) is 2.21. The standard InChI is InChI=1S/C22H29N5/c1-17-6-5-11-24-22(17)26-21-15-23-14-20(25-21)19-9-12-27(13-10-19)16-18-7-3-2-4-8-18/h2-3,5-6,11,14-15,18-19H,4,7-10,12-13,16H2,1H3,(H,24,25,26)/t18-/m0/s1. The molecule has 3 heterocycles. The Labute approximate surface area is 162 Å². The van der Waals surface area contributed by atoms with E-state index in [1.165, 1.54) is 51.7 Å². The van der Waals surface area contributed by atoms with Crippen molar-refractivity contribution in [3.8, 4) is 0 Å². The molecule has 2 aromatic heterocycles. The van der Waals surface area contributed by atoms with Gasteiger partial charge in [0.15, 0.2) is 0 Å². The first kappa shape index (κ1) is 18.1. The molecule has 1 N–H and O–H groups in total. The van der Waals surface area contributed by atoms with Crippen molar-refractivity contribution in [2.75, 3.05) is 25.0 Å². The molecule has 1 fully saturated rings. The summed E-state index contributed by atoms with van der Waals surface area (Å²) in [5, 5.41) is 3.31. The maximum Gasteiger partial charge on any atom is 0.150 e. The fourth-order valence-corrected chi connectivity index (χ4v) is 4.17. The van der Waals surface area contributed by atoms with E-state index < -0.39 is 0 Å². The van der Waals surface area contributed by atoms with E-state index in [0.29, 0.717) is 5.92 Å². The summed E-state index contributed by atoms with van der Waals surface area (Å²) in [5.74, 6) is 2.98. The van der Waals surface area contributed by atoms with E-state index >= 15 is 0 Å². The second-order valence-electron chi connectivity index (χ2n) is 7.85. The molecule has 5 heteroatoms. The molecule has 1 aliphatic carbocycles. The minimum absolute atomic E-state index is 0.506. The molecule has 4 rings (SSSR count). The Morgan fingerprint density at radius 2 is 2.04 bits per heavy atom. The predicted molar refractivity (Wildman–Crippen MR) is 109 cm³/mol. The first-order chi connectivity index (χ1) is 13.3. The molecule has 0 saturated carbocycles. The lowest BCUT2D eigenvalue weighted by atomic mass is 9.90. The quantitative estimate of drug-likeness (QED) is 0.795. The van der Waals surface area contributed by atoms with Crippen LogP contribution in [0.4, 0.5) is 11.6 Å². The van der Waals surface area contributed by atoms with Crippen LogP contribution in [0, 0.1) is 12.8 Å². The zero-order valence-electron chi connectivity index (χ0n) is 16.1. The minimum atomic E-state index is 0.506. The summed E-state index contributed by atoms with van der Waals surface area (Å²) in [6.07, 6.45) is 16.4. The fraction of sp³-hybridized carbons (Fsp3) is 0.500. The average Bonchev–Trinajstić information content (AvgIpc) is 2.71. The highest BCUT2D eigenvalue weighted by molar-refractivity contribution is 5.54. The van der Waals surface area contributed by atoms with Crippen molar-refractivity contribution in [3.05, 3.63) is 54.1 Å². The highest BCUT2D eigenvalue weighted by Crippen LogP contribution is 2.29. The minimum Gasteiger partial charge on any atom is -0.323 e. The van der Waals surface area contributed by atoms with Gasteiger partial charge >= 0.3 is 0 Å². The molecule has 2 aliphatic rings. The molecule has 0 amide bonds. The van der Waals surface area contributed by atoms with E-state index in [2.05, 4.69) is 32.3 Å². The van der Waals surface area contributed by atoms with Crippen molar-refractivity contribution in [1.82, 2.24) is 19.9 Å². The molecule has 2 aromatic rings. The fourth-order valence-electron chi connectivity index (χ4n) is 4.17. The van der Waals surface area contributed by atoms with E-state index in [1.807, 2.05) is 25.3 Å². The number of hydrogen-bond donors (Lipinski definition) is 1. The van der Waals surface area contributed by atoms with Crippen LogP contribution in [0.15, 0.2) is 42.9 Å². The summed E-state index contributed by atoms with van der Waals surface area (Å²) in [4.78, 5) is 16.3. The Bertz CT molecular complexity index is 780. The number of nitrogens with one attached hydrogen (secondary N) is 1. The van der Waals surface area contributed by atoms with Gasteiger partial charge in [-0.1, -0.05) is 18.2 Å². The summed E-state index contributed by atoms with van der Waals surface area (Å²) in [6, 6.07) is 3.99. The van der Waals surface area contributed by atoms with Gasteiger partial charge in [-0.15, -0.1) is 0 Å². The Morgan fingerprint density at radius 1 is 1.15 bits per heavy atom. The molecule has 5 nitrogen and oxygen atoms in total. The molecule has 1 saturated heterocycles. The first-order valence-corrected chi connectivity index (χ1v) is 10.2. The largest absolute Gasteiger partial charge is 0.323 e. The van der Waals surface area contributed by atoms with Crippen molar-refractivity contribution < 1.29 is 0 Å². The van der Waals surface area contributed by atoms with Crippen LogP contribution in [0.1, 0.15) is 49.3 Å². The number of hydrogen-bond acceptors (Lipinski definition) is 5. The Morgan fingerprint density at radius 3 is 2.81 bits per heavy atom. The Balaban J connectivity index is 1.34. The molecule has 0 aromatic carbocycles. The summed E-state index contributed by atoms with van der Waals surface area (Å²) in [6.45, 7) is 5.64. The van der Waals surface area contributed by atoms with Crippen molar-refractivity contribution in [2.24, 2.45) is 5.92 Å². The van der Waals surface area contributed by atoms with Gasteiger partial charge in [0.25, 0.3) is 0 Å². The number of pyridine rings is 1. The van der Waals surface area contributed by atoms with Crippen LogP contribution in [0.2, 0.25) is 0 Å². The van der Waals surface area contributed by atoms with Crippen molar-refractivity contribution >= 4 is 11.6 Å². The zero-order chi connectivity index (χ0) is 18.5. The molecule has 0 spiro atoms. The average molecular weight is 364 g/mol. The number of rotatable bonds is 5. The maximum absolute atomic E-state index is 4.83. The lowest BCUT2D eigenvalue weighted by Gasteiger charge is -2.34. The summed E-state index contributed by atoms with van der Waals surface area (Å²) in [7, 11) is 0. The lowest BCUT2D eigenvalue weighted by molar-refractivity contribution is 0.176. The van der Waals surface area contributed by atoms with E-state index in [-0.39, 0.29) is 0 Å². The monoisotopic (exact) mass is 363 g/mol. The van der Waals surface area contributed by atoms with Gasteiger partial charge in [0.1, 0.15) is 11.6 Å². The third kappa shape index (κ3) is 4.72. The third-order valence-corrected chi connectivity index (χ3v) is 5.81. The highest BCUT2D eigenvalue weighted by atomic mass is 15.1. The van der Waals surface area contributed by atoms with Crippen LogP contribution >= 0.6 is 0 Å². The van der Waals surface area contributed by atoms with Gasteiger partial charge in [-0.25, -0.2) is 9.97 Å². The van der Waals surface area contributed by atoms with E-state index in [4.69, 9.17) is 4.98 Å². The van der Waals surface area contributed by atoms with Gasteiger partial charge in [0, 0.05) is 24.9 Å². The Kier molecular flexibility index (Phi) is 5.78. The molecule has 0 unspecified atom stereocenters. The molecule has 1 aliphatic heterocycles. The van der Waals surface area contributed by atoms with Crippen LogP contribution in [0.5, 0.6) is 0 Å². The first-order valence-electron chi connectivity index (χ1n) is 10.2. The van der Waals surface area contributed by atoms with Crippen LogP contribution < -0.4 is 5.32 Å². The predicted octanol–water partition coefficient (Wildman–Crippen LogP) is 4.46. The van der Waals surface area contributed by atoms with Gasteiger partial charge in [-0.05, 0) is 69.7 Å². The van der Waals surface area contributed by atoms with Crippen LogP contribution in [0.3, 0.4) is 0 Å². The molecular formula is C22H29N5. The van der Waals surface area contributed by atoms with Crippen LogP contribution in [-0.2, 0) is 0 Å². The molecule has 27 heavy (non-hydrogen) atoms. The number of likely N-dealkylation sites (tertiary alicyclic amines) is 1. The number of aryl methyl sites for hydroxylation is 1. The molecular weight excluding hydrogens is 334 g/mol. The summed E-state index contributed by atoms with van der Waals surface area (Å²) >= 11 is 0. The van der Waals surface area contributed by atoms with Gasteiger partial charge in [0.2, 0.25) is 0 Å². The topological polar surface area (TPSA) is 53.9 Å². The van der Waals surface area contributed by atoms with Gasteiger partial charge < -0.3 is 10.2 Å². The maximum atomic E-state index is 4.83. The Hall–Kier alpha value is -2.27. The van der Waals surface area contributed by atoms with E-state index in [0.717, 1.165) is 28.8 Å². The number of aromatic nitrogens is 3. The van der Waals surface area contributed by atoms with Crippen molar-refractivity contribution in [2.45, 2.75) is 44.9 Å². The van der Waals surface area contributed by atoms with Crippen molar-refractivity contribution in [3.63, 3.8) is 0 Å². The normalized spacial score (nSPS) is 21.3. The van der Waals surface area contributed by atoms with Gasteiger partial charge in [-0.2, -0.15) is 0 Å².